The number of hydrogen-bond acceptors (Lipinski definition) is 5. The van der Waals surface area contributed by atoms with Crippen LogP contribution in [-0.4, -0.2) is 21.7 Å². The molecule has 3 nitrogen and oxygen atoms in total. The molecule has 0 aliphatic carbocycles. The number of aromatic nitrogens is 2. The Labute approximate surface area is 108 Å². The number of aryl methyl sites for hydroxylation is 2. The Hall–Kier alpha value is -1.20. The van der Waals surface area contributed by atoms with Gasteiger partial charge in [-0.25, -0.2) is 0 Å². The van der Waals surface area contributed by atoms with Crippen LogP contribution in [0, 0.1) is 13.8 Å². The molecule has 5 heteroatoms. The third kappa shape index (κ3) is 3.38. The van der Waals surface area contributed by atoms with Gasteiger partial charge in [0.05, 0.1) is 5.75 Å². The van der Waals surface area contributed by atoms with Gasteiger partial charge in [0.25, 0.3) is 0 Å². The normalized spacial score (nSPS) is 10.5. The summed E-state index contributed by atoms with van der Waals surface area (Å²) in [6.07, 6.45) is 0. The lowest BCUT2D eigenvalue weighted by atomic mass is 10.1. The van der Waals surface area contributed by atoms with Crippen molar-refractivity contribution in [2.45, 2.75) is 18.2 Å². The van der Waals surface area contributed by atoms with Crippen LogP contribution in [0.5, 0.6) is 0 Å². The van der Waals surface area contributed by atoms with Crippen LogP contribution < -0.4 is 0 Å². The van der Waals surface area contributed by atoms with Crippen LogP contribution in [0.15, 0.2) is 28.6 Å². The first-order valence-corrected chi connectivity index (χ1v) is 6.98. The second kappa shape index (κ2) is 5.42. The molecule has 0 saturated carbocycles. The van der Waals surface area contributed by atoms with Gasteiger partial charge >= 0.3 is 0 Å². The summed E-state index contributed by atoms with van der Waals surface area (Å²) in [7, 11) is 0. The third-order valence-electron chi connectivity index (χ3n) is 2.17. The lowest BCUT2D eigenvalue weighted by molar-refractivity contribution is 0.102. The Kier molecular flexibility index (Phi) is 3.91. The van der Waals surface area contributed by atoms with E-state index in [1.54, 1.807) is 0 Å². The third-order valence-corrected chi connectivity index (χ3v) is 4.15. The molecule has 2 rings (SSSR count). The van der Waals surface area contributed by atoms with Crippen molar-refractivity contribution in [1.29, 1.82) is 0 Å². The average molecular weight is 264 g/mol. The summed E-state index contributed by atoms with van der Waals surface area (Å²) in [5, 5.41) is 8.82. The number of carbonyl (C=O) groups is 1. The Morgan fingerprint density at radius 2 is 2.18 bits per heavy atom. The molecule has 0 amide bonds. The second-order valence-electron chi connectivity index (χ2n) is 3.67. The number of ketones is 1. The number of carbonyl (C=O) groups excluding carboxylic acids is 1. The fourth-order valence-corrected chi connectivity index (χ4v) is 3.08. The van der Waals surface area contributed by atoms with Crippen LogP contribution >= 0.6 is 23.1 Å². The van der Waals surface area contributed by atoms with Crippen LogP contribution in [-0.2, 0) is 0 Å². The molecule has 1 heterocycles. The number of hydrogen-bond donors (Lipinski definition) is 0. The molecule has 1 aromatic carbocycles. The highest BCUT2D eigenvalue weighted by Gasteiger charge is 2.08. The molecule has 2 aromatic rings. The number of nitrogens with zero attached hydrogens (tertiary/aromatic N) is 2. The van der Waals surface area contributed by atoms with Gasteiger partial charge < -0.3 is 0 Å². The number of Topliss-reactive ketones (excluding diaryl/α,β-unsaturated/α-hetero) is 1. The van der Waals surface area contributed by atoms with E-state index in [2.05, 4.69) is 10.2 Å². The fourth-order valence-electron chi connectivity index (χ4n) is 1.37. The SMILES string of the molecule is Cc1cccc(C(=O)CSc2nnc(C)s2)c1. The summed E-state index contributed by atoms with van der Waals surface area (Å²) in [6, 6.07) is 7.65. The standard InChI is InChI=1S/C12H12N2OS2/c1-8-4-3-5-10(6-8)11(15)7-16-12-14-13-9(2)17-12/h3-6H,7H2,1-2H3. The Bertz CT molecular complexity index is 537. The molecule has 0 aliphatic rings. The van der Waals surface area contributed by atoms with Gasteiger partial charge in [0.1, 0.15) is 5.01 Å². The van der Waals surface area contributed by atoms with Gasteiger partial charge in [-0.2, -0.15) is 0 Å². The van der Waals surface area contributed by atoms with Crippen molar-refractivity contribution in [3.8, 4) is 0 Å². The van der Waals surface area contributed by atoms with Crippen molar-refractivity contribution >= 4 is 28.9 Å². The van der Waals surface area contributed by atoms with Gasteiger partial charge in [0.2, 0.25) is 0 Å². The number of rotatable bonds is 4. The summed E-state index contributed by atoms with van der Waals surface area (Å²) >= 11 is 2.96. The van der Waals surface area contributed by atoms with E-state index in [-0.39, 0.29) is 5.78 Å². The molecule has 0 N–H and O–H groups in total. The summed E-state index contributed by atoms with van der Waals surface area (Å²) in [4.78, 5) is 11.9. The van der Waals surface area contributed by atoms with Gasteiger partial charge in [-0.1, -0.05) is 46.9 Å². The fraction of sp³-hybridized carbons (Fsp3) is 0.250. The van der Waals surface area contributed by atoms with E-state index in [1.165, 1.54) is 23.1 Å². The zero-order chi connectivity index (χ0) is 12.3. The predicted molar refractivity (Wildman–Crippen MR) is 70.9 cm³/mol. The molecule has 0 saturated heterocycles. The van der Waals surface area contributed by atoms with Crippen molar-refractivity contribution in [3.63, 3.8) is 0 Å². The summed E-state index contributed by atoms with van der Waals surface area (Å²) < 4.78 is 0.850. The minimum absolute atomic E-state index is 0.131. The molecule has 88 valence electrons. The molecule has 0 fully saturated rings. The van der Waals surface area contributed by atoms with Gasteiger partial charge in [-0.05, 0) is 19.9 Å². The minimum Gasteiger partial charge on any atom is -0.293 e. The highest BCUT2D eigenvalue weighted by atomic mass is 32.2. The maximum atomic E-state index is 11.9. The first-order valence-electron chi connectivity index (χ1n) is 5.18. The smallest absolute Gasteiger partial charge is 0.174 e. The van der Waals surface area contributed by atoms with E-state index in [0.29, 0.717) is 5.75 Å². The van der Waals surface area contributed by atoms with E-state index in [4.69, 9.17) is 0 Å². The highest BCUT2D eigenvalue weighted by Crippen LogP contribution is 2.22. The molecular weight excluding hydrogens is 252 g/mol. The maximum Gasteiger partial charge on any atom is 0.174 e. The van der Waals surface area contributed by atoms with Gasteiger partial charge in [0, 0.05) is 5.56 Å². The molecule has 0 spiro atoms. The second-order valence-corrected chi connectivity index (χ2v) is 6.07. The first-order chi connectivity index (χ1) is 8.15. The molecule has 0 bridgehead atoms. The largest absolute Gasteiger partial charge is 0.293 e. The van der Waals surface area contributed by atoms with Gasteiger partial charge in [-0.3, -0.25) is 4.79 Å². The highest BCUT2D eigenvalue weighted by molar-refractivity contribution is 8.01. The van der Waals surface area contributed by atoms with Crippen molar-refractivity contribution in [2.24, 2.45) is 0 Å². The summed E-state index contributed by atoms with van der Waals surface area (Å²) in [5.74, 6) is 0.546. The van der Waals surface area contributed by atoms with E-state index < -0.39 is 0 Å². The molecule has 0 aliphatic heterocycles. The lowest BCUT2D eigenvalue weighted by Crippen LogP contribution is -2.02. The van der Waals surface area contributed by atoms with Crippen molar-refractivity contribution < 1.29 is 4.79 Å². The van der Waals surface area contributed by atoms with Crippen LogP contribution in [0.25, 0.3) is 0 Å². The van der Waals surface area contributed by atoms with Crippen molar-refractivity contribution in [1.82, 2.24) is 10.2 Å². The molecule has 1 aromatic heterocycles. The van der Waals surface area contributed by atoms with E-state index in [0.717, 1.165) is 20.5 Å². The van der Waals surface area contributed by atoms with E-state index >= 15 is 0 Å². The number of benzene rings is 1. The lowest BCUT2D eigenvalue weighted by Gasteiger charge is -2.00. The van der Waals surface area contributed by atoms with Crippen LogP contribution in [0.2, 0.25) is 0 Å². The number of thioether (sulfide) groups is 1. The van der Waals surface area contributed by atoms with Gasteiger partial charge in [0.15, 0.2) is 10.1 Å². The van der Waals surface area contributed by atoms with E-state index in [1.807, 2.05) is 38.1 Å². The maximum absolute atomic E-state index is 11.9. The summed E-state index contributed by atoms with van der Waals surface area (Å²) in [6.45, 7) is 3.89. The first kappa shape index (κ1) is 12.3. The average Bonchev–Trinajstić information content (AvgIpc) is 2.72. The molecule has 0 radical (unpaired) electrons. The minimum atomic E-state index is 0.131. The molecule has 17 heavy (non-hydrogen) atoms. The Morgan fingerprint density at radius 1 is 1.35 bits per heavy atom. The van der Waals surface area contributed by atoms with Crippen LogP contribution in [0.1, 0.15) is 20.9 Å². The topological polar surface area (TPSA) is 42.9 Å². The van der Waals surface area contributed by atoms with Crippen molar-refractivity contribution in [3.05, 3.63) is 40.4 Å². The zero-order valence-electron chi connectivity index (χ0n) is 9.64. The Morgan fingerprint density at radius 3 is 2.82 bits per heavy atom. The van der Waals surface area contributed by atoms with Gasteiger partial charge in [-0.15, -0.1) is 10.2 Å². The predicted octanol–water partition coefficient (Wildman–Crippen LogP) is 3.13. The van der Waals surface area contributed by atoms with E-state index in [9.17, 15) is 4.79 Å². The van der Waals surface area contributed by atoms with Crippen LogP contribution in [0.4, 0.5) is 0 Å². The molecule has 0 atom stereocenters. The Balaban J connectivity index is 1.98. The monoisotopic (exact) mass is 264 g/mol. The van der Waals surface area contributed by atoms with Crippen LogP contribution in [0.3, 0.4) is 0 Å². The zero-order valence-corrected chi connectivity index (χ0v) is 11.3. The molecular formula is C12H12N2OS2. The summed E-state index contributed by atoms with van der Waals surface area (Å²) in [5.41, 5.74) is 1.87. The quantitative estimate of drug-likeness (QED) is 0.628. The van der Waals surface area contributed by atoms with Crippen molar-refractivity contribution in [2.75, 3.05) is 5.75 Å². The molecule has 0 unspecified atom stereocenters.